The van der Waals surface area contributed by atoms with E-state index in [9.17, 15) is 14.4 Å². The first kappa shape index (κ1) is 21.4. The van der Waals surface area contributed by atoms with Crippen molar-refractivity contribution >= 4 is 35.2 Å². The molecule has 0 aliphatic heterocycles. The molecule has 3 rings (SSSR count). The summed E-state index contributed by atoms with van der Waals surface area (Å²) in [5.41, 5.74) is 1.02. The van der Waals surface area contributed by atoms with E-state index in [4.69, 9.17) is 0 Å². The molecule has 0 atom stereocenters. The normalized spacial score (nSPS) is 10.7. The molecule has 28 heavy (non-hydrogen) atoms. The van der Waals surface area contributed by atoms with Gasteiger partial charge in [-0.1, -0.05) is 25.1 Å². The highest BCUT2D eigenvalue weighted by atomic mass is 35.5. The number of hydrogen-bond donors (Lipinski definition) is 2. The predicted octanol–water partition coefficient (Wildman–Crippen LogP) is 0.604. The number of carbonyl (C=O) groups is 1. The monoisotopic (exact) mass is 406 g/mol. The van der Waals surface area contributed by atoms with Gasteiger partial charge in [-0.05, 0) is 18.2 Å². The van der Waals surface area contributed by atoms with E-state index in [-0.39, 0.29) is 24.5 Å². The van der Waals surface area contributed by atoms with Gasteiger partial charge in [-0.15, -0.1) is 12.4 Å². The molecule has 0 spiro atoms. The molecule has 3 aromatic rings. The number of hydrogen-bond acceptors (Lipinski definition) is 5. The Hall–Kier alpha value is -2.91. The van der Waals surface area contributed by atoms with Crippen LogP contribution in [0.5, 0.6) is 0 Å². The number of imidazole rings is 1. The lowest BCUT2D eigenvalue weighted by molar-refractivity contribution is -0.116. The van der Waals surface area contributed by atoms with Crippen molar-refractivity contribution in [1.82, 2.24) is 24.0 Å². The van der Waals surface area contributed by atoms with E-state index in [0.717, 1.165) is 16.7 Å². The van der Waals surface area contributed by atoms with E-state index in [0.29, 0.717) is 17.9 Å². The van der Waals surface area contributed by atoms with Gasteiger partial charge in [-0.2, -0.15) is 0 Å². The molecule has 2 N–H and O–H groups in total. The van der Waals surface area contributed by atoms with Crippen molar-refractivity contribution in [3.8, 4) is 0 Å². The van der Waals surface area contributed by atoms with Gasteiger partial charge in [-0.25, -0.2) is 14.3 Å². The summed E-state index contributed by atoms with van der Waals surface area (Å²) in [6, 6.07) is 7.40. The molecule has 1 aromatic carbocycles. The number of aryl methyl sites for hydroxylation is 2. The average Bonchev–Trinajstić information content (AvgIpc) is 3.04. The number of anilines is 1. The summed E-state index contributed by atoms with van der Waals surface area (Å²) in [5, 5.41) is 6.00. The molecule has 9 nitrogen and oxygen atoms in total. The van der Waals surface area contributed by atoms with Crippen LogP contribution in [0.2, 0.25) is 0 Å². The SMILES string of the molecule is CCNCc1ccccc1NC(=O)Cn1c(=O)c2c(ncn2C)n(C)c1=O.Cl. The molecule has 150 valence electrons. The van der Waals surface area contributed by atoms with Crippen molar-refractivity contribution in [2.75, 3.05) is 11.9 Å². The van der Waals surface area contributed by atoms with Crippen molar-refractivity contribution in [3.05, 3.63) is 57.0 Å². The van der Waals surface area contributed by atoms with E-state index < -0.39 is 17.2 Å². The molecule has 10 heteroatoms. The molecule has 0 radical (unpaired) electrons. The smallest absolute Gasteiger partial charge is 0.328 e. The second-order valence-corrected chi connectivity index (χ2v) is 6.25. The number of nitrogens with one attached hydrogen (secondary N) is 2. The number of para-hydroxylation sites is 1. The number of benzene rings is 1. The number of rotatable bonds is 6. The molecule has 0 aliphatic carbocycles. The van der Waals surface area contributed by atoms with E-state index >= 15 is 0 Å². The zero-order valence-corrected chi connectivity index (χ0v) is 16.7. The predicted molar refractivity (Wildman–Crippen MR) is 110 cm³/mol. The quantitative estimate of drug-likeness (QED) is 0.624. The minimum absolute atomic E-state index is 0. The van der Waals surface area contributed by atoms with Crippen LogP contribution in [0.25, 0.3) is 11.2 Å². The number of fused-ring (bicyclic) bond motifs is 1. The number of amides is 1. The van der Waals surface area contributed by atoms with Crippen LogP contribution < -0.4 is 21.9 Å². The minimum Gasteiger partial charge on any atom is -0.328 e. The summed E-state index contributed by atoms with van der Waals surface area (Å²) in [5.74, 6) is -0.445. The average molecular weight is 407 g/mol. The maximum atomic E-state index is 12.7. The van der Waals surface area contributed by atoms with Crippen molar-refractivity contribution in [2.45, 2.75) is 20.0 Å². The number of aromatic nitrogens is 4. The number of halogens is 1. The summed E-state index contributed by atoms with van der Waals surface area (Å²) >= 11 is 0. The molecule has 0 unspecified atom stereocenters. The molecule has 2 aromatic heterocycles. The summed E-state index contributed by atoms with van der Waals surface area (Å²) in [7, 11) is 3.19. The first-order chi connectivity index (χ1) is 12.9. The zero-order chi connectivity index (χ0) is 19.6. The first-order valence-electron chi connectivity index (χ1n) is 8.63. The van der Waals surface area contributed by atoms with Crippen LogP contribution in [0.15, 0.2) is 40.2 Å². The molecule has 0 aliphatic rings. The van der Waals surface area contributed by atoms with E-state index in [2.05, 4.69) is 15.6 Å². The number of carbonyl (C=O) groups excluding carboxylic acids is 1. The van der Waals surface area contributed by atoms with Gasteiger partial charge in [0, 0.05) is 26.3 Å². The number of nitrogens with zero attached hydrogens (tertiary/aromatic N) is 4. The third kappa shape index (κ3) is 4.00. The fourth-order valence-electron chi connectivity index (χ4n) is 2.93. The van der Waals surface area contributed by atoms with Gasteiger partial charge in [0.25, 0.3) is 5.56 Å². The largest absolute Gasteiger partial charge is 0.332 e. The maximum absolute atomic E-state index is 12.7. The van der Waals surface area contributed by atoms with Gasteiger partial charge < -0.3 is 15.2 Å². The zero-order valence-electron chi connectivity index (χ0n) is 15.9. The lowest BCUT2D eigenvalue weighted by Crippen LogP contribution is -2.42. The Kier molecular flexibility index (Phi) is 6.76. The highest BCUT2D eigenvalue weighted by Crippen LogP contribution is 2.14. The Morgan fingerprint density at radius 2 is 1.89 bits per heavy atom. The molecule has 2 heterocycles. The molecular weight excluding hydrogens is 384 g/mol. The van der Waals surface area contributed by atoms with E-state index in [1.807, 2.05) is 25.1 Å². The maximum Gasteiger partial charge on any atom is 0.332 e. The second-order valence-electron chi connectivity index (χ2n) is 6.25. The summed E-state index contributed by atoms with van der Waals surface area (Å²) in [6.07, 6.45) is 1.47. The second kappa shape index (κ2) is 8.85. The van der Waals surface area contributed by atoms with Crippen LogP contribution in [-0.4, -0.2) is 31.1 Å². The van der Waals surface area contributed by atoms with Gasteiger partial charge in [0.15, 0.2) is 11.2 Å². The Morgan fingerprint density at radius 1 is 1.18 bits per heavy atom. The van der Waals surface area contributed by atoms with Crippen molar-refractivity contribution < 1.29 is 4.79 Å². The van der Waals surface area contributed by atoms with Crippen molar-refractivity contribution in [3.63, 3.8) is 0 Å². The Balaban J connectivity index is 0.00000280. The van der Waals surface area contributed by atoms with Crippen LogP contribution in [0.3, 0.4) is 0 Å². The summed E-state index contributed by atoms with van der Waals surface area (Å²) in [6.45, 7) is 3.04. The highest BCUT2D eigenvalue weighted by molar-refractivity contribution is 5.91. The fraction of sp³-hybridized carbons (Fsp3) is 0.333. The van der Waals surface area contributed by atoms with Crippen LogP contribution in [0, 0.1) is 0 Å². The molecular formula is C18H23ClN6O3. The van der Waals surface area contributed by atoms with Crippen LogP contribution in [0.1, 0.15) is 12.5 Å². The van der Waals surface area contributed by atoms with E-state index in [1.54, 1.807) is 13.1 Å². The van der Waals surface area contributed by atoms with Gasteiger partial charge in [0.2, 0.25) is 5.91 Å². The first-order valence-corrected chi connectivity index (χ1v) is 8.63. The molecule has 0 fully saturated rings. The van der Waals surface area contributed by atoms with Gasteiger partial charge >= 0.3 is 5.69 Å². The third-order valence-corrected chi connectivity index (χ3v) is 4.36. The Morgan fingerprint density at radius 3 is 2.61 bits per heavy atom. The van der Waals surface area contributed by atoms with Crippen molar-refractivity contribution in [2.24, 2.45) is 14.1 Å². The molecule has 0 saturated carbocycles. The van der Waals surface area contributed by atoms with Crippen molar-refractivity contribution in [1.29, 1.82) is 0 Å². The lowest BCUT2D eigenvalue weighted by Gasteiger charge is -2.12. The summed E-state index contributed by atoms with van der Waals surface area (Å²) < 4.78 is 3.73. The van der Waals surface area contributed by atoms with Crippen LogP contribution >= 0.6 is 12.4 Å². The lowest BCUT2D eigenvalue weighted by atomic mass is 10.1. The Labute approximate surface area is 167 Å². The topological polar surface area (TPSA) is 103 Å². The summed E-state index contributed by atoms with van der Waals surface area (Å²) in [4.78, 5) is 41.8. The fourth-order valence-corrected chi connectivity index (χ4v) is 2.93. The molecule has 0 bridgehead atoms. The van der Waals surface area contributed by atoms with E-state index in [1.165, 1.54) is 22.5 Å². The highest BCUT2D eigenvalue weighted by Gasteiger charge is 2.17. The molecule has 0 saturated heterocycles. The third-order valence-electron chi connectivity index (χ3n) is 4.36. The standard InChI is InChI=1S/C18H22N6O3.ClH/c1-4-19-9-12-7-5-6-8-13(12)21-14(25)10-24-17(26)15-16(20-11-22(15)2)23(3)18(24)27;/h5-8,11,19H,4,9-10H2,1-3H3,(H,21,25);1H. The van der Waals surface area contributed by atoms with Crippen LogP contribution in [0.4, 0.5) is 5.69 Å². The molecule has 1 amide bonds. The van der Waals surface area contributed by atoms with Crippen LogP contribution in [-0.2, 0) is 32.0 Å². The van der Waals surface area contributed by atoms with Gasteiger partial charge in [0.05, 0.1) is 6.33 Å². The van der Waals surface area contributed by atoms with Gasteiger partial charge in [0.1, 0.15) is 6.54 Å². The minimum atomic E-state index is -0.581. The Bertz CT molecular complexity index is 1110. The van der Waals surface area contributed by atoms with Gasteiger partial charge in [-0.3, -0.25) is 14.2 Å².